The van der Waals surface area contributed by atoms with Gasteiger partial charge in [0.2, 0.25) is 0 Å². The van der Waals surface area contributed by atoms with Gasteiger partial charge < -0.3 is 18.0 Å². The van der Waals surface area contributed by atoms with Crippen LogP contribution in [0.3, 0.4) is 0 Å². The summed E-state index contributed by atoms with van der Waals surface area (Å²) in [6.07, 6.45) is 22.2. The summed E-state index contributed by atoms with van der Waals surface area (Å²) in [4.78, 5) is 0. The van der Waals surface area contributed by atoms with E-state index in [0.29, 0.717) is 12.5 Å². The molecule has 0 saturated carbocycles. The van der Waals surface area contributed by atoms with Gasteiger partial charge in [0.25, 0.3) is 0 Å². The molecule has 0 saturated heterocycles. The van der Waals surface area contributed by atoms with Crippen LogP contribution >= 0.6 is 0 Å². The molecule has 0 unspecified atom stereocenters. The molecule has 0 aliphatic rings. The van der Waals surface area contributed by atoms with Crippen molar-refractivity contribution in [3.05, 3.63) is 29.3 Å². The van der Waals surface area contributed by atoms with E-state index in [1.165, 1.54) is 0 Å². The van der Waals surface area contributed by atoms with E-state index < -0.39 is 8.80 Å². The summed E-state index contributed by atoms with van der Waals surface area (Å²) in [5.41, 5.74) is 2.07. The predicted octanol–water partition coefficient (Wildman–Crippen LogP) is 2.31. The first-order valence-electron chi connectivity index (χ1n) is 6.15. The van der Waals surface area contributed by atoms with Crippen molar-refractivity contribution in [1.82, 2.24) is 0 Å². The Morgan fingerprint density at radius 3 is 2.10 bits per heavy atom. The highest BCUT2D eigenvalue weighted by atomic mass is 28.4. The molecule has 0 aliphatic carbocycles. The van der Waals surface area contributed by atoms with Gasteiger partial charge in [0.1, 0.15) is 5.75 Å². The van der Waals surface area contributed by atoms with Crippen molar-refractivity contribution in [3.8, 4) is 43.3 Å². The first-order valence-corrected chi connectivity index (χ1v) is 8.08. The maximum absolute atomic E-state index is 5.32. The van der Waals surface area contributed by atoms with E-state index in [4.69, 9.17) is 37.3 Å². The first kappa shape index (κ1) is 16.4. The minimum absolute atomic E-state index is 0.339. The van der Waals surface area contributed by atoms with Gasteiger partial charge in [0, 0.05) is 0 Å². The van der Waals surface area contributed by atoms with Crippen LogP contribution in [0.2, 0.25) is 6.04 Å². The Labute approximate surface area is 126 Å². The highest BCUT2D eigenvalue weighted by Crippen LogP contribution is 2.25. The molecule has 0 aromatic heterocycles. The smallest absolute Gasteiger partial charge is 0.496 e. The number of aryl methyl sites for hydroxylation is 2. The normalized spacial score (nSPS) is 9.67. The minimum Gasteiger partial charge on any atom is -0.496 e. The average Bonchev–Trinajstić information content (AvgIpc) is 2.46. The van der Waals surface area contributed by atoms with Crippen molar-refractivity contribution in [2.24, 2.45) is 0 Å². The molecule has 21 heavy (non-hydrogen) atoms. The molecule has 0 spiro atoms. The lowest BCUT2D eigenvalue weighted by molar-refractivity contribution is 0.212. The van der Waals surface area contributed by atoms with Crippen LogP contribution in [0.5, 0.6) is 5.75 Å². The van der Waals surface area contributed by atoms with Gasteiger partial charge in [-0.2, -0.15) is 0 Å². The van der Waals surface area contributed by atoms with Crippen LogP contribution < -0.4 is 4.74 Å². The molecule has 0 bridgehead atoms. The molecule has 108 valence electrons. The van der Waals surface area contributed by atoms with E-state index >= 15 is 0 Å². The molecule has 0 N–H and O–H groups in total. The highest BCUT2D eigenvalue weighted by molar-refractivity contribution is 6.61. The zero-order valence-corrected chi connectivity index (χ0v) is 13.0. The monoisotopic (exact) mass is 300 g/mol. The van der Waals surface area contributed by atoms with E-state index in [-0.39, 0.29) is 0 Å². The summed E-state index contributed by atoms with van der Waals surface area (Å²) in [6.45, 7) is 1.99. The number of methoxy groups -OCH3 is 1. The molecule has 1 rings (SSSR count). The zero-order chi connectivity index (χ0) is 15.7. The number of hydrogen-bond donors (Lipinski definition) is 0. The Morgan fingerprint density at radius 2 is 1.62 bits per heavy atom. The van der Waals surface area contributed by atoms with Crippen LogP contribution in [0.25, 0.3) is 0 Å². The molecule has 0 aliphatic heterocycles. The maximum Gasteiger partial charge on any atom is 0.725 e. The third kappa shape index (κ3) is 4.42. The average molecular weight is 300 g/mol. The van der Waals surface area contributed by atoms with Crippen LogP contribution in [-0.4, -0.2) is 15.9 Å². The maximum atomic E-state index is 5.32. The number of ether oxygens (including phenoxy) is 1. The Morgan fingerprint density at radius 1 is 1.05 bits per heavy atom. The molecule has 0 fully saturated rings. The summed E-state index contributed by atoms with van der Waals surface area (Å²) in [5, 5.41) is 0. The van der Waals surface area contributed by atoms with E-state index in [1.54, 1.807) is 7.11 Å². The fourth-order valence-corrected chi connectivity index (χ4v) is 3.42. The molecule has 0 radical (unpaired) electrons. The lowest BCUT2D eigenvalue weighted by Gasteiger charge is -2.21. The number of benzene rings is 1. The standard InChI is InChI=1S/C16H16O4Si/c1-6-18-21(19-7-2,20-8-3)12-11-15-13-14(4)9-10-16(15)17-5/h1-3,9-10,13H,11-12H2,4-5H3. The van der Waals surface area contributed by atoms with Crippen molar-refractivity contribution in [2.75, 3.05) is 7.11 Å². The summed E-state index contributed by atoms with van der Waals surface area (Å²) in [5.74, 6) is 0.755. The quantitative estimate of drug-likeness (QED) is 0.572. The summed E-state index contributed by atoms with van der Waals surface area (Å²) in [6, 6.07) is 6.19. The van der Waals surface area contributed by atoms with Crippen molar-refractivity contribution in [3.63, 3.8) is 0 Å². The lowest BCUT2D eigenvalue weighted by atomic mass is 10.1. The topological polar surface area (TPSA) is 36.9 Å². The molecular weight excluding hydrogens is 284 g/mol. The van der Waals surface area contributed by atoms with Crippen molar-refractivity contribution in [1.29, 1.82) is 0 Å². The molecule has 0 amide bonds. The third-order valence-corrected chi connectivity index (χ3v) is 4.93. The van der Waals surface area contributed by atoms with Gasteiger partial charge in [-0.3, -0.25) is 0 Å². The van der Waals surface area contributed by atoms with Crippen molar-refractivity contribution >= 4 is 8.80 Å². The third-order valence-electron chi connectivity index (χ3n) is 2.78. The Bertz CT molecular complexity index is 563. The molecular formula is C16H16O4Si. The van der Waals surface area contributed by atoms with E-state index in [0.717, 1.165) is 16.9 Å². The minimum atomic E-state index is -3.30. The van der Waals surface area contributed by atoms with Crippen LogP contribution in [0.15, 0.2) is 18.2 Å². The van der Waals surface area contributed by atoms with Crippen LogP contribution in [-0.2, 0) is 19.7 Å². The number of hydrogen-bond acceptors (Lipinski definition) is 4. The van der Waals surface area contributed by atoms with Crippen LogP contribution in [0.4, 0.5) is 0 Å². The van der Waals surface area contributed by atoms with Crippen molar-refractivity contribution < 1.29 is 18.0 Å². The number of rotatable bonds is 7. The molecule has 0 heterocycles. The largest absolute Gasteiger partial charge is 0.725 e. The molecule has 1 aromatic carbocycles. The van der Waals surface area contributed by atoms with Gasteiger partial charge in [-0.05, 0) is 25.0 Å². The van der Waals surface area contributed by atoms with Crippen molar-refractivity contribution in [2.45, 2.75) is 19.4 Å². The van der Waals surface area contributed by atoms with Gasteiger partial charge in [-0.25, -0.2) is 0 Å². The molecule has 4 nitrogen and oxygen atoms in total. The summed E-state index contributed by atoms with van der Waals surface area (Å²) < 4.78 is 20.7. The van der Waals surface area contributed by atoms with Gasteiger partial charge in [0.15, 0.2) is 0 Å². The summed E-state index contributed by atoms with van der Waals surface area (Å²) >= 11 is 0. The second-order valence-corrected chi connectivity index (χ2v) is 6.64. The second-order valence-electron chi connectivity index (χ2n) is 4.16. The zero-order valence-electron chi connectivity index (χ0n) is 12.0. The molecule has 5 heteroatoms. The first-order chi connectivity index (χ1) is 10.1. The molecule has 1 aromatic rings. The Hall–Kier alpha value is -2.68. The predicted molar refractivity (Wildman–Crippen MR) is 81.8 cm³/mol. The Kier molecular flexibility index (Phi) is 6.08. The van der Waals surface area contributed by atoms with Crippen LogP contribution in [0, 0.1) is 44.5 Å². The van der Waals surface area contributed by atoms with Gasteiger partial charge in [-0.15, -0.1) is 0 Å². The fraction of sp³-hybridized carbons (Fsp3) is 0.250. The number of terminal acetylenes is 3. The van der Waals surface area contributed by atoms with Gasteiger partial charge in [0.05, 0.1) is 31.5 Å². The fourth-order valence-electron chi connectivity index (χ4n) is 1.88. The SMILES string of the molecule is C#CO[Si](CCc1cc(C)ccc1OC)(OC#C)OC#C. The van der Waals surface area contributed by atoms with Gasteiger partial charge in [-0.1, -0.05) is 37.0 Å². The molecule has 0 atom stereocenters. The second kappa shape index (κ2) is 7.80. The van der Waals surface area contributed by atoms with Gasteiger partial charge >= 0.3 is 8.80 Å². The van der Waals surface area contributed by atoms with E-state index in [1.807, 2.05) is 43.4 Å². The van der Waals surface area contributed by atoms with E-state index in [2.05, 4.69) is 0 Å². The van der Waals surface area contributed by atoms with Crippen LogP contribution in [0.1, 0.15) is 11.1 Å². The summed E-state index contributed by atoms with van der Waals surface area (Å²) in [7, 11) is -1.69. The highest BCUT2D eigenvalue weighted by Gasteiger charge is 2.48. The Balaban J connectivity index is 2.96. The van der Waals surface area contributed by atoms with E-state index in [9.17, 15) is 0 Å². The lowest BCUT2D eigenvalue weighted by Crippen LogP contribution is -2.42.